The van der Waals surface area contributed by atoms with Gasteiger partial charge >= 0.3 is 5.97 Å². The third-order valence-corrected chi connectivity index (χ3v) is 7.30. The monoisotopic (exact) mass is 551 g/mol. The van der Waals surface area contributed by atoms with Gasteiger partial charge in [0.25, 0.3) is 15.9 Å². The van der Waals surface area contributed by atoms with E-state index in [1.54, 1.807) is 75.4 Å². The number of hydrogen-bond donors (Lipinski definition) is 1. The van der Waals surface area contributed by atoms with Crippen molar-refractivity contribution in [2.24, 2.45) is 5.10 Å². The standard InChI is InChI=1S/C29H33N3O6S/c1-21-10-9-13-26(22(21)2)32(39(35,36)25-11-7-6-8-12-25)19-27(33)31-30-18-23-14-16-24(17-15-23)37-20-28(34)38-29(3,4)5/h6-18H,19-20H2,1-5H3,(H,31,33)/b30-18+. The lowest BCUT2D eigenvalue weighted by Gasteiger charge is -2.26. The van der Waals surface area contributed by atoms with Gasteiger partial charge in [0, 0.05) is 0 Å². The van der Waals surface area contributed by atoms with E-state index in [0.29, 0.717) is 17.0 Å². The van der Waals surface area contributed by atoms with Gasteiger partial charge in [0.15, 0.2) is 6.61 Å². The first-order chi connectivity index (χ1) is 18.4. The molecule has 0 saturated heterocycles. The lowest BCUT2D eigenvalue weighted by Crippen LogP contribution is -2.40. The molecule has 206 valence electrons. The van der Waals surface area contributed by atoms with Gasteiger partial charge in [0.2, 0.25) is 0 Å². The van der Waals surface area contributed by atoms with E-state index in [2.05, 4.69) is 10.5 Å². The van der Waals surface area contributed by atoms with E-state index in [9.17, 15) is 18.0 Å². The van der Waals surface area contributed by atoms with Crippen molar-refractivity contribution in [2.75, 3.05) is 17.5 Å². The van der Waals surface area contributed by atoms with Crippen LogP contribution in [-0.4, -0.2) is 45.3 Å². The van der Waals surface area contributed by atoms with E-state index in [-0.39, 0.29) is 11.5 Å². The number of nitrogens with one attached hydrogen (secondary N) is 1. The maximum Gasteiger partial charge on any atom is 0.344 e. The lowest BCUT2D eigenvalue weighted by atomic mass is 10.1. The predicted octanol–water partition coefficient (Wildman–Crippen LogP) is 4.37. The molecule has 0 saturated carbocycles. The fourth-order valence-corrected chi connectivity index (χ4v) is 5.03. The number of aryl methyl sites for hydroxylation is 1. The topological polar surface area (TPSA) is 114 Å². The molecule has 0 bridgehead atoms. The third-order valence-electron chi connectivity index (χ3n) is 5.52. The molecule has 39 heavy (non-hydrogen) atoms. The molecule has 9 nitrogen and oxygen atoms in total. The number of ether oxygens (including phenoxy) is 2. The largest absolute Gasteiger partial charge is 0.482 e. The van der Waals surface area contributed by atoms with E-state index in [4.69, 9.17) is 9.47 Å². The van der Waals surface area contributed by atoms with Crippen molar-refractivity contribution in [3.63, 3.8) is 0 Å². The highest BCUT2D eigenvalue weighted by Gasteiger charge is 2.28. The van der Waals surface area contributed by atoms with Crippen LogP contribution in [0.3, 0.4) is 0 Å². The fraction of sp³-hybridized carbons (Fsp3) is 0.276. The van der Waals surface area contributed by atoms with Crippen LogP contribution >= 0.6 is 0 Å². The summed E-state index contributed by atoms with van der Waals surface area (Å²) >= 11 is 0. The van der Waals surface area contributed by atoms with E-state index >= 15 is 0 Å². The molecule has 0 aliphatic heterocycles. The molecule has 3 aromatic rings. The van der Waals surface area contributed by atoms with Crippen molar-refractivity contribution in [3.8, 4) is 5.75 Å². The van der Waals surface area contributed by atoms with Gasteiger partial charge in [-0.15, -0.1) is 0 Å². The molecule has 0 aromatic heterocycles. The molecule has 0 heterocycles. The molecule has 0 fully saturated rings. The minimum atomic E-state index is -4.02. The molecule has 10 heteroatoms. The quantitative estimate of drug-likeness (QED) is 0.227. The first-order valence-corrected chi connectivity index (χ1v) is 13.7. The minimum Gasteiger partial charge on any atom is -0.482 e. The van der Waals surface area contributed by atoms with Gasteiger partial charge < -0.3 is 9.47 Å². The zero-order valence-electron chi connectivity index (χ0n) is 22.7. The molecule has 1 N–H and O–H groups in total. The number of amides is 1. The van der Waals surface area contributed by atoms with Crippen molar-refractivity contribution in [1.82, 2.24) is 5.43 Å². The molecule has 3 aromatic carbocycles. The maximum absolute atomic E-state index is 13.5. The zero-order valence-corrected chi connectivity index (χ0v) is 23.5. The average Bonchev–Trinajstić information content (AvgIpc) is 2.88. The summed E-state index contributed by atoms with van der Waals surface area (Å²) in [7, 11) is -4.02. The predicted molar refractivity (Wildman–Crippen MR) is 150 cm³/mol. The van der Waals surface area contributed by atoms with Crippen molar-refractivity contribution in [3.05, 3.63) is 89.5 Å². The van der Waals surface area contributed by atoms with Crippen LogP contribution in [-0.2, 0) is 24.3 Å². The molecular formula is C29H33N3O6S. The highest BCUT2D eigenvalue weighted by atomic mass is 32.2. The summed E-state index contributed by atoms with van der Waals surface area (Å²) in [5, 5.41) is 3.97. The van der Waals surface area contributed by atoms with Gasteiger partial charge in [0.05, 0.1) is 16.8 Å². The maximum atomic E-state index is 13.5. The number of rotatable bonds is 10. The number of hydrogen-bond acceptors (Lipinski definition) is 7. The van der Waals surface area contributed by atoms with Crippen LogP contribution in [0.5, 0.6) is 5.75 Å². The van der Waals surface area contributed by atoms with Crippen molar-refractivity contribution >= 4 is 33.8 Å². The minimum absolute atomic E-state index is 0.0798. The van der Waals surface area contributed by atoms with E-state index in [1.807, 2.05) is 19.9 Å². The van der Waals surface area contributed by atoms with Crippen LogP contribution in [0.4, 0.5) is 5.69 Å². The summed E-state index contributed by atoms with van der Waals surface area (Å²) in [5.74, 6) is -0.610. The second-order valence-electron chi connectivity index (χ2n) is 9.78. The zero-order chi connectivity index (χ0) is 28.6. The van der Waals surface area contributed by atoms with Crippen LogP contribution in [0.15, 0.2) is 82.8 Å². The number of esters is 1. The summed E-state index contributed by atoms with van der Waals surface area (Å²) in [5.41, 5.74) is 4.53. The highest BCUT2D eigenvalue weighted by Crippen LogP contribution is 2.28. The van der Waals surface area contributed by atoms with Crippen LogP contribution in [0.2, 0.25) is 0 Å². The van der Waals surface area contributed by atoms with Crippen LogP contribution < -0.4 is 14.5 Å². The van der Waals surface area contributed by atoms with E-state index in [1.165, 1.54) is 18.3 Å². The Morgan fingerprint density at radius 2 is 1.62 bits per heavy atom. The number of nitrogens with zero attached hydrogens (tertiary/aromatic N) is 2. The highest BCUT2D eigenvalue weighted by molar-refractivity contribution is 7.92. The average molecular weight is 552 g/mol. The van der Waals surface area contributed by atoms with Crippen LogP contribution in [0.1, 0.15) is 37.5 Å². The second kappa shape index (κ2) is 12.6. The van der Waals surface area contributed by atoms with Crippen molar-refractivity contribution in [2.45, 2.75) is 45.1 Å². The summed E-state index contributed by atoms with van der Waals surface area (Å²) < 4.78 is 38.7. The van der Waals surface area contributed by atoms with E-state index < -0.39 is 34.0 Å². The molecule has 0 unspecified atom stereocenters. The van der Waals surface area contributed by atoms with Gasteiger partial charge in [-0.05, 0) is 93.8 Å². The fourth-order valence-electron chi connectivity index (χ4n) is 3.53. The Kier molecular flexibility index (Phi) is 9.47. The SMILES string of the molecule is Cc1cccc(N(CC(=O)N/N=C/c2ccc(OCC(=O)OC(C)(C)C)cc2)S(=O)(=O)c2ccccc2)c1C. The number of benzene rings is 3. The first kappa shape index (κ1) is 29.4. The van der Waals surface area contributed by atoms with Gasteiger partial charge in [-0.2, -0.15) is 5.10 Å². The normalized spacial score (nSPS) is 11.7. The Morgan fingerprint density at radius 3 is 2.26 bits per heavy atom. The number of carbonyl (C=O) groups is 2. The molecule has 3 rings (SSSR count). The molecular weight excluding hydrogens is 518 g/mol. The Bertz CT molecular complexity index is 1430. The molecule has 0 aliphatic rings. The Morgan fingerprint density at radius 1 is 0.949 bits per heavy atom. The third kappa shape index (κ3) is 8.41. The van der Waals surface area contributed by atoms with Gasteiger partial charge in [0.1, 0.15) is 17.9 Å². The smallest absolute Gasteiger partial charge is 0.344 e. The number of sulfonamides is 1. The Labute approximate surface area is 229 Å². The Balaban J connectivity index is 1.67. The number of hydrazone groups is 1. The second-order valence-corrected chi connectivity index (χ2v) is 11.6. The van der Waals surface area contributed by atoms with E-state index in [0.717, 1.165) is 15.4 Å². The summed E-state index contributed by atoms with van der Waals surface area (Å²) in [4.78, 5) is 24.7. The van der Waals surface area contributed by atoms with Crippen LogP contribution in [0, 0.1) is 13.8 Å². The van der Waals surface area contributed by atoms with Crippen molar-refractivity contribution < 1.29 is 27.5 Å². The summed E-state index contributed by atoms with van der Waals surface area (Å²) in [6, 6.07) is 20.0. The Hall–Kier alpha value is -4.18. The van der Waals surface area contributed by atoms with Gasteiger partial charge in [-0.25, -0.2) is 18.6 Å². The lowest BCUT2D eigenvalue weighted by molar-refractivity contribution is -0.157. The van der Waals surface area contributed by atoms with Gasteiger partial charge in [-0.3, -0.25) is 9.10 Å². The number of carbonyl (C=O) groups excluding carboxylic acids is 2. The first-order valence-electron chi connectivity index (χ1n) is 12.3. The summed E-state index contributed by atoms with van der Waals surface area (Å²) in [6.45, 7) is 8.35. The molecule has 1 amide bonds. The molecule has 0 radical (unpaired) electrons. The summed E-state index contributed by atoms with van der Waals surface area (Å²) in [6.07, 6.45) is 1.42. The van der Waals surface area contributed by atoms with Crippen molar-refractivity contribution in [1.29, 1.82) is 0 Å². The molecule has 0 spiro atoms. The number of anilines is 1. The molecule has 0 aliphatic carbocycles. The molecule has 0 atom stereocenters. The van der Waals surface area contributed by atoms with Gasteiger partial charge in [-0.1, -0.05) is 30.3 Å². The van der Waals surface area contributed by atoms with Crippen LogP contribution in [0.25, 0.3) is 0 Å².